The van der Waals surface area contributed by atoms with Crippen LogP contribution >= 0.6 is 0 Å². The van der Waals surface area contributed by atoms with Crippen LogP contribution in [0.25, 0.3) is 0 Å². The number of amides is 6. The van der Waals surface area contributed by atoms with Crippen molar-refractivity contribution in [1.29, 1.82) is 0 Å². The van der Waals surface area contributed by atoms with Gasteiger partial charge in [0.05, 0.1) is 0 Å². The molecule has 4 aliphatic carbocycles. The van der Waals surface area contributed by atoms with E-state index in [9.17, 15) is 24.0 Å². The number of hydrogen-bond donors (Lipinski definition) is 9. The third-order valence-corrected chi connectivity index (χ3v) is 19.4. The number of nitrogens with one attached hydrogen (secondary N) is 9. The Morgan fingerprint density at radius 2 is 0.747 bits per heavy atom. The molecule has 6 amide bonds. The molecule has 16 bridgehead atoms. The Balaban J connectivity index is 1.03. The van der Waals surface area contributed by atoms with Crippen LogP contribution in [0.4, 0.5) is 0 Å². The predicted molar refractivity (Wildman–Crippen MR) is 345 cm³/mol. The van der Waals surface area contributed by atoms with Crippen LogP contribution in [-0.4, -0.2) is 135 Å². The summed E-state index contributed by atoms with van der Waals surface area (Å²) in [5, 5.41) is 30.7. The Morgan fingerprint density at radius 3 is 1.05 bits per heavy atom. The van der Waals surface area contributed by atoms with E-state index in [0.717, 1.165) is 114 Å². The first-order valence-electron chi connectivity index (χ1n) is 33.6. The second kappa shape index (κ2) is 31.3. The van der Waals surface area contributed by atoms with Gasteiger partial charge in [-0.25, -0.2) is 0 Å². The molecule has 4 aromatic carbocycles. The first-order valence-corrected chi connectivity index (χ1v) is 33.6. The molecule has 4 saturated carbocycles. The molecule has 21 heteroatoms. The quantitative estimate of drug-likeness (QED) is 0.0966. The fourth-order valence-electron chi connectivity index (χ4n) is 14.6. The van der Waals surface area contributed by atoms with Gasteiger partial charge in [0, 0.05) is 116 Å². The topological polar surface area (TPSA) is 254 Å². The average Bonchev–Trinajstić information content (AvgIpc) is 2.44. The number of rotatable bonds is 4. The molecule has 490 valence electrons. The summed E-state index contributed by atoms with van der Waals surface area (Å²) < 4.78 is 26.3. The molecule has 21 nitrogen and oxygen atoms in total. The molecule has 11 rings (SSSR count). The van der Waals surface area contributed by atoms with Crippen molar-refractivity contribution in [3.63, 3.8) is 0 Å². The van der Waals surface area contributed by atoms with E-state index in [1.807, 2.05) is 74.6 Å². The van der Waals surface area contributed by atoms with Gasteiger partial charge in [0.1, 0.15) is 49.9 Å². The monoisotopic (exact) mass is 1250 g/mol. The minimum absolute atomic E-state index is 0.0232. The van der Waals surface area contributed by atoms with Crippen molar-refractivity contribution in [2.45, 2.75) is 210 Å². The number of fused-ring (bicyclic) bond motifs is 14. The highest BCUT2D eigenvalue weighted by atomic mass is 16.5. The highest BCUT2D eigenvalue weighted by Crippen LogP contribution is 2.30. The van der Waals surface area contributed by atoms with Gasteiger partial charge in [-0.3, -0.25) is 54.9 Å². The lowest BCUT2D eigenvalue weighted by molar-refractivity contribution is -0.136. The third kappa shape index (κ3) is 18.3. The van der Waals surface area contributed by atoms with Gasteiger partial charge in [-0.05, 0) is 173 Å². The van der Waals surface area contributed by atoms with Crippen molar-refractivity contribution in [3.05, 3.63) is 117 Å². The number of ether oxygens (including phenoxy) is 4. The van der Waals surface area contributed by atoms with Crippen LogP contribution in [0.1, 0.15) is 199 Å². The van der Waals surface area contributed by atoms with Crippen molar-refractivity contribution >= 4 is 35.4 Å². The van der Waals surface area contributed by atoms with Gasteiger partial charge in [-0.15, -0.1) is 0 Å². The maximum atomic E-state index is 15.1. The minimum atomic E-state index is -0.587. The van der Waals surface area contributed by atoms with Gasteiger partial charge in [0.25, 0.3) is 23.6 Å². The van der Waals surface area contributed by atoms with Crippen LogP contribution in [0.15, 0.2) is 72.8 Å². The molecule has 9 N–H and O–H groups in total. The molecule has 0 spiro atoms. The van der Waals surface area contributed by atoms with Gasteiger partial charge in [-0.1, -0.05) is 58.3 Å². The lowest BCUT2D eigenvalue weighted by atomic mass is 9.90. The van der Waals surface area contributed by atoms with E-state index in [4.69, 9.17) is 18.9 Å². The number of benzene rings is 4. The molecule has 0 saturated heterocycles. The fourth-order valence-corrected chi connectivity index (χ4v) is 14.6. The van der Waals surface area contributed by atoms with Crippen LogP contribution in [0.3, 0.4) is 0 Å². The number of nitrogens with zero attached hydrogens (tertiary/aromatic N) is 2. The SMILES string of the molecule is CNC(=O)CCC(C)C(=O)N1Cc2cc3cc(c2)C(=O)NC2CCCCC(C2)NC(=O)c2cc(cc(c2)OCNC2CCCCC2NCO3)CN(C)Cc2cc3cc(c2)C(=O)NC2CCCCC(C2)NC(=O)c2cc(cc(c2)OCNC2CCCCC2NCO3)C1. The normalized spacial score (nSPS) is 26.4. The third-order valence-electron chi connectivity index (χ3n) is 19.4. The zero-order valence-electron chi connectivity index (χ0n) is 53.4. The Hall–Kier alpha value is -7.30. The minimum Gasteiger partial charge on any atom is -0.478 e. The molecular weight excluding hydrogens is 1150 g/mol. The van der Waals surface area contributed by atoms with Crippen LogP contribution in [0, 0.1) is 5.92 Å². The van der Waals surface area contributed by atoms with E-state index in [1.165, 1.54) is 0 Å². The van der Waals surface area contributed by atoms with E-state index >= 15 is 4.79 Å². The van der Waals surface area contributed by atoms with E-state index in [2.05, 4.69) is 52.8 Å². The Morgan fingerprint density at radius 1 is 0.451 bits per heavy atom. The second-order valence-electron chi connectivity index (χ2n) is 26.6. The Kier molecular flexibility index (Phi) is 22.5. The number of carbonyl (C=O) groups excluding carboxylic acids is 6. The molecule has 0 radical (unpaired) electrons. The molecule has 4 aromatic rings. The largest absolute Gasteiger partial charge is 0.478 e. The average molecular weight is 1250 g/mol. The lowest BCUT2D eigenvalue weighted by Crippen LogP contribution is -2.51. The van der Waals surface area contributed by atoms with Crippen molar-refractivity contribution in [1.82, 2.24) is 57.7 Å². The smallest absolute Gasteiger partial charge is 0.251 e. The maximum absolute atomic E-state index is 15.1. The molecule has 3 heterocycles. The first kappa shape index (κ1) is 65.2. The van der Waals surface area contributed by atoms with Crippen LogP contribution in [-0.2, 0) is 35.8 Å². The molecule has 9 unspecified atom stereocenters. The van der Waals surface area contributed by atoms with Crippen molar-refractivity contribution in [3.8, 4) is 23.0 Å². The summed E-state index contributed by atoms with van der Waals surface area (Å²) in [6.45, 7) is 3.49. The molecule has 0 aromatic heterocycles. The number of hydrogen-bond acceptors (Lipinski definition) is 15. The van der Waals surface area contributed by atoms with Crippen LogP contribution in [0.5, 0.6) is 23.0 Å². The Labute approximate surface area is 535 Å². The summed E-state index contributed by atoms with van der Waals surface area (Å²) in [7, 11) is 3.60. The van der Waals surface area contributed by atoms with Crippen molar-refractivity contribution in [2.24, 2.45) is 5.92 Å². The summed E-state index contributed by atoms with van der Waals surface area (Å²) in [5.74, 6) is -0.0465. The van der Waals surface area contributed by atoms with Crippen molar-refractivity contribution in [2.75, 3.05) is 41.0 Å². The first-order chi connectivity index (χ1) is 44.2. The van der Waals surface area contributed by atoms with E-state index in [-0.39, 0.29) is 137 Å². The lowest BCUT2D eigenvalue weighted by Gasteiger charge is -2.33. The summed E-state index contributed by atoms with van der Waals surface area (Å²) in [5.41, 5.74) is 4.67. The van der Waals surface area contributed by atoms with E-state index in [0.29, 0.717) is 82.3 Å². The molecule has 91 heavy (non-hydrogen) atoms. The summed E-state index contributed by atoms with van der Waals surface area (Å²) in [4.78, 5) is 90.8. The fraction of sp³-hybridized carbons (Fsp3) is 0.571. The van der Waals surface area contributed by atoms with Gasteiger partial charge in [0.2, 0.25) is 11.8 Å². The molecular formula is C70H95N11O10. The standard InChI is InChI=1S/C70H95N11O10/c1-44(20-21-65(82)71-2)70(87)81-38-47-24-51-32-59(28-47)90-42-74-63-18-10-8-16-61(63)72-40-88-57-26-45(22-49(30-57)66(83)76-53-12-4-6-14-55(34-53)78-68(51)85)36-80(3)37-46-23-50-31-58(27-46)89-41-73-62-17-9-11-19-64(62)75-43-91-60-29-48(39-81)25-52(33-60)69(86)79-56-15-7-5-13-54(35-56)77-67(50)84/h22-33,44,53-56,61-64,72-75H,4-21,34-43H2,1-3H3,(H,71,82)(H,76,83)(H,77,84)(H,78,85)(H,79,86). The van der Waals surface area contributed by atoms with Crippen LogP contribution < -0.4 is 66.8 Å². The Bertz CT molecular complexity index is 3030. The zero-order chi connectivity index (χ0) is 63.2. The van der Waals surface area contributed by atoms with Gasteiger partial charge in [0.15, 0.2) is 0 Å². The summed E-state index contributed by atoms with van der Waals surface area (Å²) >= 11 is 0. The van der Waals surface area contributed by atoms with Crippen molar-refractivity contribution < 1.29 is 47.7 Å². The predicted octanol–water partition coefficient (Wildman–Crippen LogP) is 7.40. The zero-order valence-corrected chi connectivity index (χ0v) is 53.4. The molecule has 7 aliphatic rings. The maximum Gasteiger partial charge on any atom is 0.251 e. The highest BCUT2D eigenvalue weighted by molar-refractivity contribution is 5.97. The number of carbonyl (C=O) groups is 6. The van der Waals surface area contributed by atoms with E-state index < -0.39 is 5.92 Å². The van der Waals surface area contributed by atoms with E-state index in [1.54, 1.807) is 24.1 Å². The molecule has 9 atom stereocenters. The second-order valence-corrected chi connectivity index (χ2v) is 26.6. The van der Waals surface area contributed by atoms with Gasteiger partial charge >= 0.3 is 0 Å². The highest BCUT2D eigenvalue weighted by Gasteiger charge is 2.31. The summed E-state index contributed by atoms with van der Waals surface area (Å²) in [6, 6.07) is 21.5. The van der Waals surface area contributed by atoms with Gasteiger partial charge < -0.3 is 50.4 Å². The van der Waals surface area contributed by atoms with Gasteiger partial charge in [-0.2, -0.15) is 0 Å². The van der Waals surface area contributed by atoms with Crippen LogP contribution in [0.2, 0.25) is 0 Å². The summed E-state index contributed by atoms with van der Waals surface area (Å²) in [6.07, 6.45) is 15.5. The molecule has 3 aliphatic heterocycles. The molecule has 4 fully saturated rings.